The van der Waals surface area contributed by atoms with Gasteiger partial charge in [-0.1, -0.05) is 11.6 Å². The monoisotopic (exact) mass is 260 g/mol. The maximum atomic E-state index is 5.86. The Hall–Kier alpha value is -0.0900. The molecule has 92 valence electrons. The number of rotatable bonds is 7. The molecule has 0 saturated carbocycles. The van der Waals surface area contributed by atoms with Gasteiger partial charge in [0.1, 0.15) is 0 Å². The van der Waals surface area contributed by atoms with E-state index in [4.69, 9.17) is 11.6 Å². The van der Waals surface area contributed by atoms with Gasteiger partial charge in [-0.2, -0.15) is 0 Å². The van der Waals surface area contributed by atoms with Crippen molar-refractivity contribution in [3.63, 3.8) is 0 Å². The van der Waals surface area contributed by atoms with Crippen LogP contribution in [0.5, 0.6) is 0 Å². The van der Waals surface area contributed by atoms with Gasteiger partial charge >= 0.3 is 0 Å². The minimum Gasteiger partial charge on any atom is -0.312 e. The molecule has 0 fully saturated rings. The lowest BCUT2D eigenvalue weighted by atomic mass is 10.3. The molecule has 1 heterocycles. The fourth-order valence-corrected chi connectivity index (χ4v) is 2.43. The van der Waals surface area contributed by atoms with E-state index in [2.05, 4.69) is 37.2 Å². The number of thiophene rings is 1. The minimum absolute atomic E-state index is 0.635. The van der Waals surface area contributed by atoms with Gasteiger partial charge in [0.25, 0.3) is 0 Å². The van der Waals surface area contributed by atoms with Crippen LogP contribution in [0.3, 0.4) is 0 Å². The average Bonchev–Trinajstić information content (AvgIpc) is 2.63. The Morgan fingerprint density at radius 2 is 2.19 bits per heavy atom. The van der Waals surface area contributed by atoms with E-state index in [0.29, 0.717) is 6.04 Å². The lowest BCUT2D eigenvalue weighted by molar-refractivity contribution is 0.269. The second kappa shape index (κ2) is 7.28. The Balaban J connectivity index is 2.04. The van der Waals surface area contributed by atoms with Crippen LogP contribution in [0.1, 0.15) is 25.1 Å². The first-order chi connectivity index (χ1) is 7.59. The summed E-state index contributed by atoms with van der Waals surface area (Å²) in [6, 6.07) is 4.67. The topological polar surface area (TPSA) is 15.3 Å². The fraction of sp³-hybridized carbons (Fsp3) is 0.667. The summed E-state index contributed by atoms with van der Waals surface area (Å²) in [5.41, 5.74) is 0. The van der Waals surface area contributed by atoms with E-state index >= 15 is 0 Å². The molecule has 0 saturated heterocycles. The molecular formula is C12H21ClN2S. The van der Waals surface area contributed by atoms with Crippen LogP contribution < -0.4 is 5.32 Å². The standard InChI is InChI=1S/C12H21ClN2S/c1-10(2)15(3)8-4-7-14-9-11-5-6-12(13)16-11/h5-6,10,14H,4,7-9H2,1-3H3. The first-order valence-corrected chi connectivity index (χ1v) is 6.94. The van der Waals surface area contributed by atoms with E-state index in [1.807, 2.05) is 6.07 Å². The summed E-state index contributed by atoms with van der Waals surface area (Å²) >= 11 is 7.51. The van der Waals surface area contributed by atoms with Gasteiger partial charge in [-0.3, -0.25) is 0 Å². The molecule has 2 nitrogen and oxygen atoms in total. The Kier molecular flexibility index (Phi) is 6.36. The predicted molar refractivity (Wildman–Crippen MR) is 73.4 cm³/mol. The molecule has 0 aliphatic carbocycles. The van der Waals surface area contributed by atoms with Gasteiger partial charge in [0, 0.05) is 17.5 Å². The van der Waals surface area contributed by atoms with Crippen LogP contribution in [-0.4, -0.2) is 31.1 Å². The van der Waals surface area contributed by atoms with E-state index < -0.39 is 0 Å². The molecule has 0 bridgehead atoms. The minimum atomic E-state index is 0.635. The van der Waals surface area contributed by atoms with Crippen LogP contribution in [0.15, 0.2) is 12.1 Å². The first kappa shape index (κ1) is 14.0. The Labute approximate surface area is 108 Å². The van der Waals surface area contributed by atoms with Crippen molar-refractivity contribution in [1.82, 2.24) is 10.2 Å². The normalized spacial score (nSPS) is 11.6. The van der Waals surface area contributed by atoms with Crippen molar-refractivity contribution in [2.45, 2.75) is 32.9 Å². The lowest BCUT2D eigenvalue weighted by Gasteiger charge is -2.20. The molecule has 0 aromatic carbocycles. The van der Waals surface area contributed by atoms with Crippen LogP contribution in [0, 0.1) is 0 Å². The third-order valence-corrected chi connectivity index (χ3v) is 3.91. The molecule has 0 spiro atoms. The molecule has 1 rings (SSSR count). The van der Waals surface area contributed by atoms with Crippen LogP contribution in [-0.2, 0) is 6.54 Å². The predicted octanol–water partition coefficient (Wildman–Crippen LogP) is 3.22. The van der Waals surface area contributed by atoms with E-state index in [1.54, 1.807) is 11.3 Å². The van der Waals surface area contributed by atoms with Crippen molar-refractivity contribution >= 4 is 22.9 Å². The Morgan fingerprint density at radius 1 is 1.44 bits per heavy atom. The summed E-state index contributed by atoms with van der Waals surface area (Å²) in [6.45, 7) is 7.59. The maximum absolute atomic E-state index is 5.86. The van der Waals surface area contributed by atoms with Crippen molar-refractivity contribution < 1.29 is 0 Å². The third kappa shape index (κ3) is 5.30. The number of nitrogens with one attached hydrogen (secondary N) is 1. The van der Waals surface area contributed by atoms with E-state index in [1.165, 1.54) is 11.3 Å². The smallest absolute Gasteiger partial charge is 0.0931 e. The molecule has 0 radical (unpaired) electrons. The summed E-state index contributed by atoms with van der Waals surface area (Å²) in [6.07, 6.45) is 1.19. The molecule has 1 aromatic rings. The molecule has 0 aliphatic rings. The second-order valence-electron chi connectivity index (χ2n) is 4.31. The molecule has 4 heteroatoms. The third-order valence-electron chi connectivity index (χ3n) is 2.67. The highest BCUT2D eigenvalue weighted by Crippen LogP contribution is 2.20. The summed E-state index contributed by atoms with van der Waals surface area (Å²) in [5.74, 6) is 0. The number of halogens is 1. The summed E-state index contributed by atoms with van der Waals surface area (Å²) in [7, 11) is 2.17. The number of hydrogen-bond donors (Lipinski definition) is 1. The molecule has 16 heavy (non-hydrogen) atoms. The van der Waals surface area contributed by atoms with Crippen molar-refractivity contribution in [2.24, 2.45) is 0 Å². The molecule has 0 atom stereocenters. The van der Waals surface area contributed by atoms with E-state index in [9.17, 15) is 0 Å². The first-order valence-electron chi connectivity index (χ1n) is 5.74. The van der Waals surface area contributed by atoms with Crippen LogP contribution in [0.25, 0.3) is 0 Å². The Bertz CT molecular complexity index is 299. The number of nitrogens with zero attached hydrogens (tertiary/aromatic N) is 1. The molecule has 1 aromatic heterocycles. The van der Waals surface area contributed by atoms with E-state index in [-0.39, 0.29) is 0 Å². The average molecular weight is 261 g/mol. The van der Waals surface area contributed by atoms with Crippen molar-refractivity contribution in [3.05, 3.63) is 21.3 Å². The maximum Gasteiger partial charge on any atom is 0.0931 e. The van der Waals surface area contributed by atoms with Gasteiger partial charge in [-0.25, -0.2) is 0 Å². The van der Waals surface area contributed by atoms with Crippen LogP contribution in [0.2, 0.25) is 4.34 Å². The largest absolute Gasteiger partial charge is 0.312 e. The zero-order chi connectivity index (χ0) is 12.0. The summed E-state index contributed by atoms with van der Waals surface area (Å²) < 4.78 is 0.872. The van der Waals surface area contributed by atoms with Gasteiger partial charge in [-0.05, 0) is 52.5 Å². The molecular weight excluding hydrogens is 240 g/mol. The zero-order valence-electron chi connectivity index (χ0n) is 10.3. The summed E-state index contributed by atoms with van der Waals surface area (Å²) in [4.78, 5) is 3.67. The molecule has 0 amide bonds. The fourth-order valence-electron chi connectivity index (χ4n) is 1.37. The molecule has 0 aliphatic heterocycles. The van der Waals surface area contributed by atoms with E-state index in [0.717, 1.165) is 24.0 Å². The molecule has 1 N–H and O–H groups in total. The quantitative estimate of drug-likeness (QED) is 0.758. The van der Waals surface area contributed by atoms with Crippen molar-refractivity contribution in [2.75, 3.05) is 20.1 Å². The highest BCUT2D eigenvalue weighted by molar-refractivity contribution is 7.16. The van der Waals surface area contributed by atoms with Gasteiger partial charge in [0.05, 0.1) is 4.34 Å². The number of hydrogen-bond acceptors (Lipinski definition) is 3. The zero-order valence-corrected chi connectivity index (χ0v) is 11.9. The van der Waals surface area contributed by atoms with Gasteiger partial charge in [0.2, 0.25) is 0 Å². The summed E-state index contributed by atoms with van der Waals surface area (Å²) in [5, 5.41) is 3.43. The molecule has 0 unspecified atom stereocenters. The van der Waals surface area contributed by atoms with Crippen molar-refractivity contribution in [1.29, 1.82) is 0 Å². The second-order valence-corrected chi connectivity index (χ2v) is 6.11. The van der Waals surface area contributed by atoms with Gasteiger partial charge in [-0.15, -0.1) is 11.3 Å². The SMILES string of the molecule is CC(C)N(C)CCCNCc1ccc(Cl)s1. The Morgan fingerprint density at radius 3 is 2.75 bits per heavy atom. The van der Waals surface area contributed by atoms with Crippen LogP contribution in [0.4, 0.5) is 0 Å². The lowest BCUT2D eigenvalue weighted by Crippen LogP contribution is -2.29. The highest BCUT2D eigenvalue weighted by Gasteiger charge is 2.02. The van der Waals surface area contributed by atoms with Gasteiger partial charge in [0.15, 0.2) is 0 Å². The van der Waals surface area contributed by atoms with Gasteiger partial charge < -0.3 is 10.2 Å². The van der Waals surface area contributed by atoms with Crippen LogP contribution >= 0.6 is 22.9 Å². The highest BCUT2D eigenvalue weighted by atomic mass is 35.5. The van der Waals surface area contributed by atoms with Crippen molar-refractivity contribution in [3.8, 4) is 0 Å².